The minimum absolute atomic E-state index is 0.0892. The molecule has 1 aromatic carbocycles. The van der Waals surface area contributed by atoms with E-state index in [1.807, 2.05) is 4.90 Å². The Kier molecular flexibility index (Phi) is 6.30. The van der Waals surface area contributed by atoms with Crippen molar-refractivity contribution in [2.45, 2.75) is 51.2 Å². The maximum absolute atomic E-state index is 12.6. The number of rotatable bonds is 6. The van der Waals surface area contributed by atoms with Crippen LogP contribution in [-0.4, -0.2) is 39.5 Å². The molecule has 1 saturated heterocycles. The fourth-order valence-electron chi connectivity index (χ4n) is 3.90. The number of likely N-dealkylation sites (tertiary alicyclic amines) is 1. The molecule has 0 unspecified atom stereocenters. The third-order valence-electron chi connectivity index (χ3n) is 5.42. The van der Waals surface area contributed by atoms with Crippen molar-refractivity contribution in [1.29, 1.82) is 0 Å². The first-order valence-electron chi connectivity index (χ1n) is 9.89. The Labute approximate surface area is 178 Å². The molecule has 1 aliphatic heterocycles. The van der Waals surface area contributed by atoms with E-state index in [-0.39, 0.29) is 30.8 Å². The van der Waals surface area contributed by atoms with Crippen molar-refractivity contribution < 1.29 is 14.3 Å². The Morgan fingerprint density at radius 1 is 1.21 bits per heavy atom. The van der Waals surface area contributed by atoms with Crippen LogP contribution in [0.1, 0.15) is 43.5 Å². The average Bonchev–Trinajstić information content (AvgIpc) is 3.34. The summed E-state index contributed by atoms with van der Waals surface area (Å²) in [6.07, 6.45) is 5.94. The van der Waals surface area contributed by atoms with Crippen LogP contribution in [0.4, 0.5) is 5.13 Å². The van der Waals surface area contributed by atoms with Gasteiger partial charge in [0.25, 0.3) is 0 Å². The van der Waals surface area contributed by atoms with Crippen molar-refractivity contribution in [3.63, 3.8) is 0 Å². The van der Waals surface area contributed by atoms with E-state index in [2.05, 4.69) is 15.5 Å². The van der Waals surface area contributed by atoms with Crippen LogP contribution in [0.3, 0.4) is 0 Å². The van der Waals surface area contributed by atoms with Crippen molar-refractivity contribution in [2.75, 3.05) is 11.9 Å². The zero-order valence-electron chi connectivity index (χ0n) is 16.0. The summed E-state index contributed by atoms with van der Waals surface area (Å²) in [6, 6.07) is 7.36. The lowest BCUT2D eigenvalue weighted by Crippen LogP contribution is -2.38. The number of benzene rings is 1. The first-order valence-corrected chi connectivity index (χ1v) is 11.1. The molecule has 1 atom stereocenters. The van der Waals surface area contributed by atoms with Gasteiger partial charge in [0.05, 0.1) is 5.92 Å². The summed E-state index contributed by atoms with van der Waals surface area (Å²) in [5, 5.41) is 12.6. The summed E-state index contributed by atoms with van der Waals surface area (Å²) < 4.78 is 5.65. The molecule has 2 aromatic rings. The maximum atomic E-state index is 12.6. The summed E-state index contributed by atoms with van der Waals surface area (Å²) >= 11 is 7.12. The Balaban J connectivity index is 1.28. The van der Waals surface area contributed by atoms with E-state index in [9.17, 15) is 9.59 Å². The van der Waals surface area contributed by atoms with Gasteiger partial charge in [-0.1, -0.05) is 42.2 Å². The molecule has 1 aliphatic carbocycles. The molecule has 1 N–H and O–H groups in total. The monoisotopic (exact) mass is 434 g/mol. The Morgan fingerprint density at radius 2 is 1.97 bits per heavy atom. The molecule has 2 aliphatic rings. The Morgan fingerprint density at radius 3 is 2.72 bits per heavy atom. The van der Waals surface area contributed by atoms with Gasteiger partial charge in [-0.15, -0.1) is 10.2 Å². The first kappa shape index (κ1) is 20.1. The Hall–Kier alpha value is -2.19. The second-order valence-electron chi connectivity index (χ2n) is 7.47. The third-order valence-corrected chi connectivity index (χ3v) is 6.48. The van der Waals surface area contributed by atoms with Gasteiger partial charge in [-0.25, -0.2) is 0 Å². The van der Waals surface area contributed by atoms with Crippen LogP contribution in [0.25, 0.3) is 0 Å². The molecule has 2 fully saturated rings. The standard InChI is InChI=1S/C20H23ClN4O3S/c21-14-6-8-16(9-7-14)28-12-17-23-24-20(29-17)22-19(27)13-10-18(26)25(11-13)15-4-2-1-3-5-15/h6-9,13,15H,1-5,10-12H2,(H,22,24,27)/t13-/m1/s1. The summed E-state index contributed by atoms with van der Waals surface area (Å²) in [5.74, 6) is 0.272. The molecule has 2 heterocycles. The van der Waals surface area contributed by atoms with Gasteiger partial charge in [0.2, 0.25) is 16.9 Å². The van der Waals surface area contributed by atoms with E-state index < -0.39 is 0 Å². The zero-order chi connectivity index (χ0) is 20.2. The number of nitrogens with one attached hydrogen (secondary N) is 1. The second-order valence-corrected chi connectivity index (χ2v) is 8.97. The Bertz CT molecular complexity index is 867. The largest absolute Gasteiger partial charge is 0.486 e. The van der Waals surface area contributed by atoms with Crippen molar-refractivity contribution in [1.82, 2.24) is 15.1 Å². The lowest BCUT2D eigenvalue weighted by Gasteiger charge is -2.31. The topological polar surface area (TPSA) is 84.4 Å². The quantitative estimate of drug-likeness (QED) is 0.745. The van der Waals surface area contributed by atoms with Gasteiger partial charge in [-0.3, -0.25) is 9.59 Å². The summed E-state index contributed by atoms with van der Waals surface area (Å²) in [7, 11) is 0. The van der Waals surface area contributed by atoms with Gasteiger partial charge >= 0.3 is 0 Å². The highest BCUT2D eigenvalue weighted by Gasteiger charge is 2.38. The van der Waals surface area contributed by atoms with Crippen LogP contribution >= 0.6 is 22.9 Å². The third kappa shape index (κ3) is 5.05. The van der Waals surface area contributed by atoms with E-state index in [1.54, 1.807) is 24.3 Å². The fourth-order valence-corrected chi connectivity index (χ4v) is 4.68. The van der Waals surface area contributed by atoms with Gasteiger partial charge in [-0.2, -0.15) is 0 Å². The molecule has 4 rings (SSSR count). The van der Waals surface area contributed by atoms with Crippen LogP contribution in [0, 0.1) is 5.92 Å². The van der Waals surface area contributed by atoms with Crippen LogP contribution in [0.2, 0.25) is 5.02 Å². The number of nitrogens with zero attached hydrogens (tertiary/aromatic N) is 3. The van der Waals surface area contributed by atoms with E-state index >= 15 is 0 Å². The smallest absolute Gasteiger partial charge is 0.231 e. The molecule has 0 radical (unpaired) electrons. The number of carbonyl (C=O) groups is 2. The predicted octanol–water partition coefficient (Wildman–Crippen LogP) is 3.89. The van der Waals surface area contributed by atoms with E-state index in [0.29, 0.717) is 33.5 Å². The van der Waals surface area contributed by atoms with Crippen LogP contribution in [0.15, 0.2) is 24.3 Å². The number of anilines is 1. The van der Waals surface area contributed by atoms with Gasteiger partial charge in [0.1, 0.15) is 12.4 Å². The first-order chi connectivity index (χ1) is 14.1. The fraction of sp³-hybridized carbons (Fsp3) is 0.500. The van der Waals surface area contributed by atoms with Gasteiger partial charge in [0.15, 0.2) is 5.01 Å². The van der Waals surface area contributed by atoms with Crippen LogP contribution < -0.4 is 10.1 Å². The lowest BCUT2D eigenvalue weighted by atomic mass is 9.94. The normalized spacial score (nSPS) is 20.1. The number of carbonyl (C=O) groups excluding carboxylic acids is 2. The SMILES string of the molecule is O=C(Nc1nnc(COc2ccc(Cl)cc2)s1)[C@@H]1CC(=O)N(C2CCCCC2)C1. The molecular weight excluding hydrogens is 412 g/mol. The number of amides is 2. The van der Waals surface area contributed by atoms with Gasteiger partial charge in [-0.05, 0) is 37.1 Å². The van der Waals surface area contributed by atoms with E-state index in [4.69, 9.17) is 16.3 Å². The van der Waals surface area contributed by atoms with Crippen molar-refractivity contribution in [3.8, 4) is 5.75 Å². The number of ether oxygens (including phenoxy) is 1. The molecule has 1 aromatic heterocycles. The predicted molar refractivity (Wildman–Crippen MR) is 111 cm³/mol. The average molecular weight is 435 g/mol. The highest BCUT2D eigenvalue weighted by atomic mass is 35.5. The summed E-state index contributed by atoms with van der Waals surface area (Å²) in [5.41, 5.74) is 0. The van der Waals surface area contributed by atoms with Gasteiger partial charge in [0, 0.05) is 24.0 Å². The van der Waals surface area contributed by atoms with E-state index in [0.717, 1.165) is 25.7 Å². The zero-order valence-corrected chi connectivity index (χ0v) is 17.5. The highest BCUT2D eigenvalue weighted by Crippen LogP contribution is 2.29. The summed E-state index contributed by atoms with van der Waals surface area (Å²) in [4.78, 5) is 26.9. The molecular formula is C20H23ClN4O3S. The van der Waals surface area contributed by atoms with Crippen molar-refractivity contribution in [2.24, 2.45) is 5.92 Å². The molecule has 0 spiro atoms. The minimum Gasteiger partial charge on any atom is -0.486 e. The van der Waals surface area contributed by atoms with E-state index in [1.165, 1.54) is 17.8 Å². The van der Waals surface area contributed by atoms with Crippen LogP contribution in [-0.2, 0) is 16.2 Å². The highest BCUT2D eigenvalue weighted by molar-refractivity contribution is 7.15. The lowest BCUT2D eigenvalue weighted by molar-refractivity contribution is -0.130. The molecule has 9 heteroatoms. The van der Waals surface area contributed by atoms with Crippen LogP contribution in [0.5, 0.6) is 5.75 Å². The molecule has 154 valence electrons. The molecule has 2 amide bonds. The number of hydrogen-bond acceptors (Lipinski definition) is 6. The maximum Gasteiger partial charge on any atom is 0.231 e. The molecule has 7 nitrogen and oxygen atoms in total. The molecule has 29 heavy (non-hydrogen) atoms. The summed E-state index contributed by atoms with van der Waals surface area (Å²) in [6.45, 7) is 0.757. The second kappa shape index (κ2) is 9.09. The minimum atomic E-state index is -0.331. The number of halogens is 1. The van der Waals surface area contributed by atoms with Crippen molar-refractivity contribution >= 4 is 39.9 Å². The van der Waals surface area contributed by atoms with Gasteiger partial charge < -0.3 is 15.0 Å². The molecule has 1 saturated carbocycles. The molecule has 0 bridgehead atoms. The van der Waals surface area contributed by atoms with Crippen molar-refractivity contribution in [3.05, 3.63) is 34.3 Å². The number of aromatic nitrogens is 2. The number of hydrogen-bond donors (Lipinski definition) is 1.